The first kappa shape index (κ1) is 21.7. The van der Waals surface area contributed by atoms with Crippen molar-refractivity contribution in [3.8, 4) is 0 Å². The Kier molecular flexibility index (Phi) is 6.95. The molecule has 0 atom stereocenters. The molecule has 3 rings (SSSR count). The number of aryl methyl sites for hydroxylation is 2. The molecule has 1 aromatic carbocycles. The molecule has 0 saturated heterocycles. The Labute approximate surface area is 178 Å². The average molecular weight is 445 g/mol. The summed E-state index contributed by atoms with van der Waals surface area (Å²) in [6.45, 7) is 3.52. The lowest BCUT2D eigenvalue weighted by Gasteiger charge is -2.09. The monoisotopic (exact) mass is 444 g/mol. The van der Waals surface area contributed by atoms with Gasteiger partial charge in [0.2, 0.25) is 11.9 Å². The first-order valence-electron chi connectivity index (χ1n) is 8.97. The quantitative estimate of drug-likeness (QED) is 0.401. The number of amides is 1. The summed E-state index contributed by atoms with van der Waals surface area (Å²) in [5, 5.41) is 3.35. The molecule has 0 radical (unpaired) electrons. The van der Waals surface area contributed by atoms with Crippen LogP contribution in [0.1, 0.15) is 17.8 Å². The van der Waals surface area contributed by atoms with Gasteiger partial charge in [0.1, 0.15) is 0 Å². The lowest BCUT2D eigenvalue weighted by atomic mass is 10.3. The number of rotatable bonds is 8. The van der Waals surface area contributed by atoms with Crippen LogP contribution < -0.4 is 10.0 Å². The third kappa shape index (κ3) is 6.22. The van der Waals surface area contributed by atoms with E-state index in [2.05, 4.69) is 30.0 Å². The number of anilines is 2. The number of thioether (sulfide) groups is 1. The molecule has 156 valence electrons. The van der Waals surface area contributed by atoms with Gasteiger partial charge in [-0.15, -0.1) is 0 Å². The van der Waals surface area contributed by atoms with Gasteiger partial charge >= 0.3 is 0 Å². The first-order chi connectivity index (χ1) is 14.3. The highest BCUT2D eigenvalue weighted by Gasteiger charge is 2.16. The molecule has 9 nitrogen and oxygen atoms in total. The van der Waals surface area contributed by atoms with Crippen LogP contribution in [-0.2, 0) is 14.8 Å². The van der Waals surface area contributed by atoms with Gasteiger partial charge in [-0.1, -0.05) is 11.8 Å². The average Bonchev–Trinajstić information content (AvgIpc) is 2.68. The van der Waals surface area contributed by atoms with E-state index in [9.17, 15) is 13.2 Å². The van der Waals surface area contributed by atoms with Crippen LogP contribution in [0.3, 0.4) is 0 Å². The molecule has 0 bridgehead atoms. The van der Waals surface area contributed by atoms with Gasteiger partial charge in [-0.25, -0.2) is 33.1 Å². The molecule has 0 fully saturated rings. The Morgan fingerprint density at radius 2 is 1.67 bits per heavy atom. The van der Waals surface area contributed by atoms with Crippen molar-refractivity contribution in [3.05, 3.63) is 60.2 Å². The predicted octanol–water partition coefficient (Wildman–Crippen LogP) is 2.81. The van der Waals surface area contributed by atoms with Crippen LogP contribution in [0.2, 0.25) is 0 Å². The van der Waals surface area contributed by atoms with Crippen molar-refractivity contribution in [2.24, 2.45) is 0 Å². The van der Waals surface area contributed by atoms with Gasteiger partial charge in [-0.2, -0.15) is 0 Å². The molecule has 0 unspecified atom stereocenters. The van der Waals surface area contributed by atoms with E-state index in [1.807, 2.05) is 0 Å². The minimum atomic E-state index is -3.84. The number of benzene rings is 1. The van der Waals surface area contributed by atoms with Gasteiger partial charge in [0.05, 0.1) is 4.90 Å². The zero-order valence-corrected chi connectivity index (χ0v) is 18.0. The summed E-state index contributed by atoms with van der Waals surface area (Å²) < 4.78 is 27.4. The number of hydrogen-bond acceptors (Lipinski definition) is 8. The van der Waals surface area contributed by atoms with E-state index in [0.717, 1.165) is 0 Å². The second kappa shape index (κ2) is 9.63. The SMILES string of the molecule is Cc1cc(C)nc(NS(=O)(=O)c2ccc(NC(=O)CCSc3ncccn3)cc2)n1. The Hall–Kier alpha value is -3.05. The zero-order chi connectivity index (χ0) is 21.6. The second-order valence-electron chi connectivity index (χ2n) is 6.28. The van der Waals surface area contributed by atoms with Crippen LogP contribution in [0.25, 0.3) is 0 Å². The molecule has 0 aliphatic carbocycles. The summed E-state index contributed by atoms with van der Waals surface area (Å²) in [6, 6.07) is 9.36. The van der Waals surface area contributed by atoms with Crippen molar-refractivity contribution in [2.45, 2.75) is 30.3 Å². The Morgan fingerprint density at radius 3 is 2.30 bits per heavy atom. The highest BCUT2D eigenvalue weighted by atomic mass is 32.2. The van der Waals surface area contributed by atoms with Crippen LogP contribution in [0.4, 0.5) is 11.6 Å². The van der Waals surface area contributed by atoms with Crippen molar-refractivity contribution >= 4 is 39.3 Å². The Morgan fingerprint density at radius 1 is 1.03 bits per heavy atom. The highest BCUT2D eigenvalue weighted by Crippen LogP contribution is 2.18. The van der Waals surface area contributed by atoms with Gasteiger partial charge in [0, 0.05) is 41.6 Å². The van der Waals surface area contributed by atoms with Gasteiger partial charge in [0.25, 0.3) is 10.0 Å². The number of nitrogens with one attached hydrogen (secondary N) is 2. The molecule has 30 heavy (non-hydrogen) atoms. The van der Waals surface area contributed by atoms with Crippen LogP contribution in [0.5, 0.6) is 0 Å². The van der Waals surface area contributed by atoms with E-state index in [1.165, 1.54) is 36.0 Å². The fourth-order valence-corrected chi connectivity index (χ4v) is 4.17. The maximum Gasteiger partial charge on any atom is 0.264 e. The minimum Gasteiger partial charge on any atom is -0.326 e. The molecule has 0 aliphatic rings. The van der Waals surface area contributed by atoms with Crippen molar-refractivity contribution in [1.29, 1.82) is 0 Å². The lowest BCUT2D eigenvalue weighted by Crippen LogP contribution is -2.16. The van der Waals surface area contributed by atoms with Crippen molar-refractivity contribution < 1.29 is 13.2 Å². The van der Waals surface area contributed by atoms with E-state index in [-0.39, 0.29) is 23.2 Å². The van der Waals surface area contributed by atoms with Gasteiger partial charge in [0.15, 0.2) is 5.16 Å². The first-order valence-corrected chi connectivity index (χ1v) is 11.4. The Balaban J connectivity index is 1.56. The van der Waals surface area contributed by atoms with Crippen molar-refractivity contribution in [1.82, 2.24) is 19.9 Å². The number of aromatic nitrogens is 4. The number of carbonyl (C=O) groups is 1. The third-order valence-electron chi connectivity index (χ3n) is 3.76. The van der Waals surface area contributed by atoms with E-state index >= 15 is 0 Å². The largest absolute Gasteiger partial charge is 0.326 e. The van der Waals surface area contributed by atoms with Crippen LogP contribution >= 0.6 is 11.8 Å². The summed E-state index contributed by atoms with van der Waals surface area (Å²) in [4.78, 5) is 28.4. The fraction of sp³-hybridized carbons (Fsp3) is 0.211. The smallest absolute Gasteiger partial charge is 0.264 e. The van der Waals surface area contributed by atoms with Gasteiger partial charge in [-0.3, -0.25) is 4.79 Å². The molecule has 0 spiro atoms. The lowest BCUT2D eigenvalue weighted by molar-refractivity contribution is -0.115. The number of sulfonamides is 1. The number of carbonyl (C=O) groups excluding carboxylic acids is 1. The molecular formula is C19H20N6O3S2. The van der Waals surface area contributed by atoms with Gasteiger partial charge < -0.3 is 5.32 Å². The van der Waals surface area contributed by atoms with E-state index in [0.29, 0.717) is 28.0 Å². The summed E-state index contributed by atoms with van der Waals surface area (Å²) in [6.07, 6.45) is 3.56. The normalized spacial score (nSPS) is 11.1. The van der Waals surface area contributed by atoms with Crippen molar-refractivity contribution in [2.75, 3.05) is 15.8 Å². The van der Waals surface area contributed by atoms with Gasteiger partial charge in [-0.05, 0) is 50.2 Å². The maximum absolute atomic E-state index is 12.5. The minimum absolute atomic E-state index is 0.0183. The number of hydrogen-bond donors (Lipinski definition) is 2. The fourth-order valence-electron chi connectivity index (χ4n) is 2.49. The summed E-state index contributed by atoms with van der Waals surface area (Å²) in [5.74, 6) is 0.364. The van der Waals surface area contributed by atoms with Crippen LogP contribution in [-0.4, -0.2) is 40.0 Å². The van der Waals surface area contributed by atoms with Crippen LogP contribution in [0, 0.1) is 13.8 Å². The molecule has 0 aliphatic heterocycles. The highest BCUT2D eigenvalue weighted by molar-refractivity contribution is 7.99. The number of nitrogens with zero attached hydrogens (tertiary/aromatic N) is 4. The predicted molar refractivity (Wildman–Crippen MR) is 115 cm³/mol. The molecule has 2 aromatic heterocycles. The van der Waals surface area contributed by atoms with E-state index in [1.54, 1.807) is 38.4 Å². The molecule has 11 heteroatoms. The summed E-state index contributed by atoms with van der Waals surface area (Å²) >= 11 is 1.39. The molecule has 3 aromatic rings. The molecular weight excluding hydrogens is 424 g/mol. The zero-order valence-electron chi connectivity index (χ0n) is 16.4. The standard InChI is InChI=1S/C19H20N6O3S2/c1-13-12-14(2)23-18(22-13)25-30(27,28)16-6-4-15(5-7-16)24-17(26)8-11-29-19-20-9-3-10-21-19/h3-7,9-10,12H,8,11H2,1-2H3,(H,24,26)(H,22,23,25). The molecule has 2 heterocycles. The van der Waals surface area contributed by atoms with Crippen molar-refractivity contribution in [3.63, 3.8) is 0 Å². The van der Waals surface area contributed by atoms with Crippen LogP contribution in [0.15, 0.2) is 58.8 Å². The summed E-state index contributed by atoms with van der Waals surface area (Å²) in [5.41, 5.74) is 1.83. The third-order valence-corrected chi connectivity index (χ3v) is 5.98. The maximum atomic E-state index is 12.5. The molecule has 1 amide bonds. The molecule has 0 saturated carbocycles. The van der Waals surface area contributed by atoms with E-state index < -0.39 is 10.0 Å². The van der Waals surface area contributed by atoms with E-state index in [4.69, 9.17) is 0 Å². The second-order valence-corrected chi connectivity index (χ2v) is 9.03. The molecule has 2 N–H and O–H groups in total. The topological polar surface area (TPSA) is 127 Å². The Bertz CT molecular complexity index is 1100. The summed E-state index contributed by atoms with van der Waals surface area (Å²) in [7, 11) is -3.84.